The lowest BCUT2D eigenvalue weighted by atomic mass is 10.0. The van der Waals surface area contributed by atoms with Crippen LogP contribution in [0.3, 0.4) is 0 Å². The van der Waals surface area contributed by atoms with Gasteiger partial charge in [-0.1, -0.05) is 19.1 Å². The molecule has 1 fully saturated rings. The van der Waals surface area contributed by atoms with Crippen LogP contribution in [0.1, 0.15) is 42.1 Å². The molecule has 1 heterocycles. The Morgan fingerprint density at radius 3 is 2.60 bits per heavy atom. The van der Waals surface area contributed by atoms with Crippen LogP contribution >= 0.6 is 12.4 Å². The number of methoxy groups -OCH3 is 1. The maximum absolute atomic E-state index is 13.1. The number of anilines is 1. The van der Waals surface area contributed by atoms with Gasteiger partial charge in [0, 0.05) is 34.9 Å². The van der Waals surface area contributed by atoms with Crippen molar-refractivity contribution in [2.75, 3.05) is 45.4 Å². The molecule has 0 aromatic heterocycles. The van der Waals surface area contributed by atoms with Gasteiger partial charge >= 0.3 is 0 Å². The monoisotopic (exact) mass is 432 g/mol. The number of nitrogens with zero attached hydrogens (tertiary/aromatic N) is 1. The summed E-state index contributed by atoms with van der Waals surface area (Å²) < 4.78 is 11.4. The van der Waals surface area contributed by atoms with Gasteiger partial charge < -0.3 is 14.4 Å². The van der Waals surface area contributed by atoms with Gasteiger partial charge in [0.1, 0.15) is 11.5 Å². The standard InChI is InChI=1S/C23H28N2O4.ClH/c1-3-12-28-16-14-18-22(20(15-16)27-2)21-17(23(18)26)7-6-8-19(21)24-29-13-11-25-9-4-5-10-25;/h6-8,14-15,24H,3-5,9-13H2,1-2H3;1H. The highest BCUT2D eigenvalue weighted by molar-refractivity contribution is 6.24. The molecule has 162 valence electrons. The van der Waals surface area contributed by atoms with Gasteiger partial charge in [0.05, 0.1) is 26.0 Å². The number of halogens is 1. The van der Waals surface area contributed by atoms with E-state index in [0.717, 1.165) is 42.9 Å². The molecule has 0 bridgehead atoms. The number of hydrogen-bond donors (Lipinski definition) is 1. The zero-order valence-corrected chi connectivity index (χ0v) is 18.3. The lowest BCUT2D eigenvalue weighted by Gasteiger charge is -2.17. The number of rotatable bonds is 9. The number of nitrogens with one attached hydrogen (secondary N) is 1. The predicted octanol–water partition coefficient (Wildman–Crippen LogP) is 4.56. The van der Waals surface area contributed by atoms with Crippen LogP contribution in [0.2, 0.25) is 0 Å². The zero-order valence-electron chi connectivity index (χ0n) is 17.5. The van der Waals surface area contributed by atoms with Crippen molar-refractivity contribution in [3.63, 3.8) is 0 Å². The van der Waals surface area contributed by atoms with Gasteiger partial charge in [-0.05, 0) is 44.5 Å². The number of fused-ring (bicyclic) bond motifs is 3. The third-order valence-electron chi connectivity index (χ3n) is 5.46. The number of likely N-dealkylation sites (tertiary alicyclic amines) is 1. The first kappa shape index (κ1) is 22.4. The minimum absolute atomic E-state index is 0. The molecule has 0 spiro atoms. The van der Waals surface area contributed by atoms with Gasteiger partial charge in [0.25, 0.3) is 0 Å². The highest BCUT2D eigenvalue weighted by atomic mass is 35.5. The van der Waals surface area contributed by atoms with Crippen molar-refractivity contribution < 1.29 is 19.1 Å². The molecule has 1 aliphatic heterocycles. The summed E-state index contributed by atoms with van der Waals surface area (Å²) in [5, 5.41) is 0. The minimum Gasteiger partial charge on any atom is -0.496 e. The Kier molecular flexibility index (Phi) is 7.58. The fourth-order valence-corrected chi connectivity index (χ4v) is 4.04. The van der Waals surface area contributed by atoms with Crippen LogP contribution < -0.4 is 15.0 Å². The first-order valence-corrected chi connectivity index (χ1v) is 10.4. The van der Waals surface area contributed by atoms with Gasteiger partial charge in [-0.15, -0.1) is 12.4 Å². The van der Waals surface area contributed by atoms with Crippen LogP contribution in [0.5, 0.6) is 11.5 Å². The molecule has 0 radical (unpaired) electrons. The summed E-state index contributed by atoms with van der Waals surface area (Å²) >= 11 is 0. The number of carbonyl (C=O) groups excluding carboxylic acids is 1. The van der Waals surface area contributed by atoms with Gasteiger partial charge in [0.2, 0.25) is 0 Å². The maximum atomic E-state index is 13.1. The van der Waals surface area contributed by atoms with E-state index in [-0.39, 0.29) is 18.2 Å². The van der Waals surface area contributed by atoms with Gasteiger partial charge in [0.15, 0.2) is 5.78 Å². The average molecular weight is 433 g/mol. The number of carbonyl (C=O) groups is 1. The quantitative estimate of drug-likeness (QED) is 0.395. The summed E-state index contributed by atoms with van der Waals surface area (Å²) in [6.07, 6.45) is 3.43. The lowest BCUT2D eigenvalue weighted by Crippen LogP contribution is -2.25. The molecule has 30 heavy (non-hydrogen) atoms. The van der Waals surface area contributed by atoms with Crippen LogP contribution in [-0.2, 0) is 4.84 Å². The van der Waals surface area contributed by atoms with E-state index in [2.05, 4.69) is 10.4 Å². The second kappa shape index (κ2) is 10.2. The van der Waals surface area contributed by atoms with Crippen molar-refractivity contribution in [2.24, 2.45) is 0 Å². The molecule has 0 atom stereocenters. The average Bonchev–Trinajstić information content (AvgIpc) is 3.36. The highest BCUT2D eigenvalue weighted by Gasteiger charge is 2.32. The van der Waals surface area contributed by atoms with Crippen molar-refractivity contribution in [1.82, 2.24) is 4.90 Å². The fourth-order valence-electron chi connectivity index (χ4n) is 4.04. The Bertz CT molecular complexity index is 897. The first-order chi connectivity index (χ1) is 14.2. The van der Waals surface area contributed by atoms with Crippen molar-refractivity contribution >= 4 is 23.9 Å². The molecule has 4 rings (SSSR count). The summed E-state index contributed by atoms with van der Waals surface area (Å²) in [7, 11) is 1.62. The van der Waals surface area contributed by atoms with Crippen molar-refractivity contribution in [2.45, 2.75) is 26.2 Å². The Morgan fingerprint density at radius 1 is 1.07 bits per heavy atom. The molecule has 0 amide bonds. The van der Waals surface area contributed by atoms with Gasteiger partial charge in [-0.3, -0.25) is 15.1 Å². The van der Waals surface area contributed by atoms with E-state index >= 15 is 0 Å². The third-order valence-corrected chi connectivity index (χ3v) is 5.46. The normalized spacial score (nSPS) is 14.8. The Labute approximate surface area is 183 Å². The van der Waals surface area contributed by atoms with Crippen LogP contribution in [0.25, 0.3) is 11.1 Å². The van der Waals surface area contributed by atoms with Crippen LogP contribution in [0.4, 0.5) is 5.69 Å². The summed E-state index contributed by atoms with van der Waals surface area (Å²) in [6.45, 7) is 6.43. The molecular weight excluding hydrogens is 404 g/mol. The van der Waals surface area contributed by atoms with E-state index in [4.69, 9.17) is 14.3 Å². The zero-order chi connectivity index (χ0) is 20.2. The first-order valence-electron chi connectivity index (χ1n) is 10.4. The largest absolute Gasteiger partial charge is 0.496 e. The van der Waals surface area contributed by atoms with E-state index in [0.29, 0.717) is 35.8 Å². The van der Waals surface area contributed by atoms with E-state index in [9.17, 15) is 4.79 Å². The third kappa shape index (κ3) is 4.41. The molecule has 1 N–H and O–H groups in total. The molecule has 0 unspecified atom stereocenters. The molecule has 6 nitrogen and oxygen atoms in total. The second-order valence-corrected chi connectivity index (χ2v) is 7.45. The number of benzene rings is 2. The molecule has 0 saturated carbocycles. The van der Waals surface area contributed by atoms with Crippen molar-refractivity contribution in [1.29, 1.82) is 0 Å². The maximum Gasteiger partial charge on any atom is 0.194 e. The summed E-state index contributed by atoms with van der Waals surface area (Å²) in [6, 6.07) is 9.31. The van der Waals surface area contributed by atoms with E-state index in [1.165, 1.54) is 12.8 Å². The predicted molar refractivity (Wildman–Crippen MR) is 120 cm³/mol. The minimum atomic E-state index is -0.0176. The Hall–Kier alpha value is -2.28. The topological polar surface area (TPSA) is 60.0 Å². The summed E-state index contributed by atoms with van der Waals surface area (Å²) in [5.41, 5.74) is 6.72. The number of hydrogen-bond acceptors (Lipinski definition) is 6. The molecule has 1 saturated heterocycles. The molecule has 2 aromatic rings. The van der Waals surface area contributed by atoms with E-state index in [1.54, 1.807) is 7.11 Å². The smallest absolute Gasteiger partial charge is 0.194 e. The van der Waals surface area contributed by atoms with E-state index in [1.807, 2.05) is 37.3 Å². The SMILES string of the molecule is CCCOc1cc(OC)c2c(c1)C(=O)c1cccc(NOCCN3CCCC3)c1-2.Cl. The molecule has 2 aromatic carbocycles. The fraction of sp³-hybridized carbons (Fsp3) is 0.435. The number of ketones is 1. The van der Waals surface area contributed by atoms with Gasteiger partial charge in [-0.25, -0.2) is 0 Å². The molecule has 1 aliphatic carbocycles. The summed E-state index contributed by atoms with van der Waals surface area (Å²) in [4.78, 5) is 21.2. The van der Waals surface area contributed by atoms with Gasteiger partial charge in [-0.2, -0.15) is 0 Å². The van der Waals surface area contributed by atoms with Crippen LogP contribution in [-0.4, -0.2) is 50.6 Å². The summed E-state index contributed by atoms with van der Waals surface area (Å²) in [5.74, 6) is 1.27. The van der Waals surface area contributed by atoms with E-state index < -0.39 is 0 Å². The van der Waals surface area contributed by atoms with Crippen LogP contribution in [0.15, 0.2) is 30.3 Å². The van der Waals surface area contributed by atoms with Crippen molar-refractivity contribution in [3.8, 4) is 22.6 Å². The lowest BCUT2D eigenvalue weighted by molar-refractivity contribution is 0.104. The molecule has 7 heteroatoms. The Balaban J connectivity index is 0.00000256. The second-order valence-electron chi connectivity index (χ2n) is 7.45. The van der Waals surface area contributed by atoms with Crippen molar-refractivity contribution in [3.05, 3.63) is 41.5 Å². The highest BCUT2D eigenvalue weighted by Crippen LogP contribution is 2.48. The van der Waals surface area contributed by atoms with Crippen LogP contribution in [0, 0.1) is 0 Å². The molecular formula is C23H29ClN2O4. The molecule has 2 aliphatic rings. The number of ether oxygens (including phenoxy) is 2. The Morgan fingerprint density at radius 2 is 1.87 bits per heavy atom.